The molecule has 4 rings (SSSR count). The third kappa shape index (κ3) is 4.60. The molecular weight excluding hydrogens is 388 g/mol. The molecule has 0 aliphatic carbocycles. The van der Waals surface area contributed by atoms with E-state index in [-0.39, 0.29) is 5.91 Å². The normalized spacial score (nSPS) is 15.5. The van der Waals surface area contributed by atoms with Crippen LogP contribution in [-0.4, -0.2) is 55.1 Å². The molecule has 0 atom stereocenters. The van der Waals surface area contributed by atoms with Gasteiger partial charge in [0.15, 0.2) is 5.13 Å². The van der Waals surface area contributed by atoms with E-state index in [1.165, 1.54) is 10.3 Å². The van der Waals surface area contributed by atoms with E-state index in [1.807, 2.05) is 23.6 Å². The predicted octanol–water partition coefficient (Wildman–Crippen LogP) is 3.62. The van der Waals surface area contributed by atoms with E-state index in [1.54, 1.807) is 28.7 Å². The van der Waals surface area contributed by atoms with Gasteiger partial charge in [-0.1, -0.05) is 29.5 Å². The van der Waals surface area contributed by atoms with E-state index in [2.05, 4.69) is 40.2 Å². The van der Waals surface area contributed by atoms with Crippen LogP contribution in [-0.2, 0) is 4.79 Å². The third-order valence-electron chi connectivity index (χ3n) is 4.92. The maximum Gasteiger partial charge on any atom is 0.244 e. The number of para-hydroxylation sites is 1. The number of hydrogen-bond acceptors (Lipinski definition) is 6. The number of nitrogens with one attached hydrogen (secondary N) is 1. The number of carbonyl (C=O) groups excluding carboxylic acids is 1. The van der Waals surface area contributed by atoms with Gasteiger partial charge in [0, 0.05) is 50.2 Å². The van der Waals surface area contributed by atoms with Crippen molar-refractivity contribution in [2.45, 2.75) is 6.92 Å². The molecule has 1 amide bonds. The number of nitrogens with zero attached hydrogens (tertiary/aromatic N) is 3. The van der Waals surface area contributed by atoms with Crippen LogP contribution in [0.1, 0.15) is 10.4 Å². The van der Waals surface area contributed by atoms with Crippen molar-refractivity contribution in [1.82, 2.24) is 15.2 Å². The van der Waals surface area contributed by atoms with Crippen molar-refractivity contribution < 1.29 is 4.79 Å². The fourth-order valence-corrected chi connectivity index (χ4v) is 5.03. The number of thiazole rings is 1. The molecule has 1 aliphatic heterocycles. The lowest BCUT2D eigenvalue weighted by atomic mass is 10.2. The molecule has 0 spiro atoms. The van der Waals surface area contributed by atoms with Crippen molar-refractivity contribution in [1.29, 1.82) is 0 Å². The number of hydrogen-bond donors (Lipinski definition) is 1. The van der Waals surface area contributed by atoms with Crippen LogP contribution in [0, 0.1) is 6.92 Å². The summed E-state index contributed by atoms with van der Waals surface area (Å²) in [6.07, 6.45) is 3.47. The molecule has 1 saturated heterocycles. The first kappa shape index (κ1) is 19.1. The Bertz CT molecular complexity index is 956. The monoisotopic (exact) mass is 412 g/mol. The molecule has 5 nitrogen and oxygen atoms in total. The van der Waals surface area contributed by atoms with E-state index in [0.717, 1.165) is 48.2 Å². The molecule has 2 aromatic heterocycles. The van der Waals surface area contributed by atoms with Crippen molar-refractivity contribution in [3.8, 4) is 0 Å². The number of amides is 1. The lowest BCUT2D eigenvalue weighted by molar-refractivity contribution is -0.116. The summed E-state index contributed by atoms with van der Waals surface area (Å²) in [6.45, 7) is 7.62. The minimum absolute atomic E-state index is 0.0307. The van der Waals surface area contributed by atoms with Gasteiger partial charge in [-0.3, -0.25) is 9.69 Å². The fourth-order valence-electron chi connectivity index (χ4n) is 3.31. The van der Waals surface area contributed by atoms with E-state index in [9.17, 15) is 4.79 Å². The third-order valence-corrected chi connectivity index (χ3v) is 6.84. The molecule has 1 N–H and O–H groups in total. The molecule has 146 valence electrons. The second kappa shape index (κ2) is 8.86. The molecular formula is C21H24N4OS2. The van der Waals surface area contributed by atoms with Gasteiger partial charge in [-0.25, -0.2) is 4.98 Å². The smallest absolute Gasteiger partial charge is 0.244 e. The van der Waals surface area contributed by atoms with Crippen molar-refractivity contribution >= 4 is 50.0 Å². The first-order chi connectivity index (χ1) is 13.7. The largest absolute Gasteiger partial charge is 0.351 e. The highest BCUT2D eigenvalue weighted by atomic mass is 32.1. The Balaban J connectivity index is 1.22. The highest BCUT2D eigenvalue weighted by molar-refractivity contribution is 7.22. The first-order valence-electron chi connectivity index (χ1n) is 9.52. The molecule has 1 aliphatic rings. The molecule has 7 heteroatoms. The van der Waals surface area contributed by atoms with Crippen molar-refractivity contribution in [2.24, 2.45) is 0 Å². The lowest BCUT2D eigenvalue weighted by Gasteiger charge is -2.34. The Kier molecular flexibility index (Phi) is 6.04. The highest BCUT2D eigenvalue weighted by Gasteiger charge is 2.19. The molecule has 0 unspecified atom stereocenters. The Morgan fingerprint density at radius 1 is 1.21 bits per heavy atom. The minimum Gasteiger partial charge on any atom is -0.351 e. The average molecular weight is 413 g/mol. The van der Waals surface area contributed by atoms with Gasteiger partial charge in [0.1, 0.15) is 0 Å². The zero-order valence-electron chi connectivity index (χ0n) is 15.9. The summed E-state index contributed by atoms with van der Waals surface area (Å²) in [5, 5.41) is 6.10. The van der Waals surface area contributed by atoms with Gasteiger partial charge in [-0.2, -0.15) is 0 Å². The maximum absolute atomic E-state index is 11.9. The zero-order chi connectivity index (χ0) is 19.3. The number of carbonyl (C=O) groups is 1. The Morgan fingerprint density at radius 2 is 2.07 bits per heavy atom. The summed E-state index contributed by atoms with van der Waals surface area (Å²) in [5.74, 6) is -0.0307. The quantitative estimate of drug-likeness (QED) is 0.628. The van der Waals surface area contributed by atoms with E-state index in [4.69, 9.17) is 4.98 Å². The van der Waals surface area contributed by atoms with Gasteiger partial charge in [0.25, 0.3) is 0 Å². The SMILES string of the molecule is Cc1cccc2sc(N3CCN(CCNC(=O)/C=C/c4cccs4)CC3)nc12. The minimum atomic E-state index is -0.0307. The second-order valence-electron chi connectivity index (χ2n) is 6.89. The number of fused-ring (bicyclic) bond motifs is 1. The Labute approximate surface area is 173 Å². The number of rotatable bonds is 6. The molecule has 28 heavy (non-hydrogen) atoms. The van der Waals surface area contributed by atoms with Gasteiger partial charge in [-0.15, -0.1) is 11.3 Å². The maximum atomic E-state index is 11.9. The molecule has 3 heterocycles. The summed E-state index contributed by atoms with van der Waals surface area (Å²) in [6, 6.07) is 10.3. The van der Waals surface area contributed by atoms with E-state index < -0.39 is 0 Å². The molecule has 0 radical (unpaired) electrons. The zero-order valence-corrected chi connectivity index (χ0v) is 17.6. The van der Waals surface area contributed by atoms with Crippen molar-refractivity contribution in [2.75, 3.05) is 44.2 Å². The number of thiophene rings is 1. The second-order valence-corrected chi connectivity index (χ2v) is 8.87. The summed E-state index contributed by atoms with van der Waals surface area (Å²) < 4.78 is 1.26. The van der Waals surface area contributed by atoms with Gasteiger partial charge >= 0.3 is 0 Å². The average Bonchev–Trinajstić information content (AvgIpc) is 3.37. The summed E-state index contributed by atoms with van der Waals surface area (Å²) >= 11 is 3.41. The highest BCUT2D eigenvalue weighted by Crippen LogP contribution is 2.30. The van der Waals surface area contributed by atoms with Crippen LogP contribution >= 0.6 is 22.7 Å². The standard InChI is InChI=1S/C21H24N4OS2/c1-16-4-2-6-18-20(16)23-21(28-18)25-13-11-24(12-14-25)10-9-22-19(26)8-7-17-5-3-15-27-17/h2-8,15H,9-14H2,1H3,(H,22,26)/b8-7+. The Hall–Kier alpha value is -2.22. The van der Waals surface area contributed by atoms with Crippen LogP contribution in [0.5, 0.6) is 0 Å². The number of piperazine rings is 1. The van der Waals surface area contributed by atoms with Gasteiger partial charge in [0.05, 0.1) is 10.2 Å². The Morgan fingerprint density at radius 3 is 2.82 bits per heavy atom. The van der Waals surface area contributed by atoms with Gasteiger partial charge in [0.2, 0.25) is 5.91 Å². The topological polar surface area (TPSA) is 48.5 Å². The van der Waals surface area contributed by atoms with Gasteiger partial charge in [-0.05, 0) is 36.1 Å². The molecule has 0 saturated carbocycles. The lowest BCUT2D eigenvalue weighted by Crippen LogP contribution is -2.48. The van der Waals surface area contributed by atoms with Crippen molar-refractivity contribution in [3.05, 3.63) is 52.2 Å². The summed E-state index contributed by atoms with van der Waals surface area (Å²) in [7, 11) is 0. The van der Waals surface area contributed by atoms with Gasteiger partial charge < -0.3 is 10.2 Å². The van der Waals surface area contributed by atoms with Crippen LogP contribution in [0.15, 0.2) is 41.8 Å². The van der Waals surface area contributed by atoms with E-state index in [0.29, 0.717) is 6.54 Å². The molecule has 0 bridgehead atoms. The van der Waals surface area contributed by atoms with Crippen LogP contribution in [0.3, 0.4) is 0 Å². The number of benzene rings is 1. The van der Waals surface area contributed by atoms with Crippen LogP contribution in [0.4, 0.5) is 5.13 Å². The van der Waals surface area contributed by atoms with E-state index >= 15 is 0 Å². The summed E-state index contributed by atoms with van der Waals surface area (Å²) in [4.78, 5) is 22.6. The molecule has 3 aromatic rings. The fraction of sp³-hybridized carbons (Fsp3) is 0.333. The van der Waals surface area contributed by atoms with Crippen LogP contribution in [0.2, 0.25) is 0 Å². The summed E-state index contributed by atoms with van der Waals surface area (Å²) in [5.41, 5.74) is 2.37. The number of aromatic nitrogens is 1. The number of anilines is 1. The predicted molar refractivity (Wildman–Crippen MR) is 119 cm³/mol. The number of aryl methyl sites for hydroxylation is 1. The van der Waals surface area contributed by atoms with Crippen LogP contribution in [0.25, 0.3) is 16.3 Å². The molecule has 1 fully saturated rings. The first-order valence-corrected chi connectivity index (χ1v) is 11.2. The van der Waals surface area contributed by atoms with Crippen molar-refractivity contribution in [3.63, 3.8) is 0 Å². The van der Waals surface area contributed by atoms with Crippen LogP contribution < -0.4 is 10.2 Å². The molecule has 1 aromatic carbocycles.